The summed E-state index contributed by atoms with van der Waals surface area (Å²) in [5.74, 6) is -0.535. The van der Waals surface area contributed by atoms with Gasteiger partial charge in [0.05, 0.1) is 12.0 Å². The number of likely N-dealkylation sites (tertiary alicyclic amines) is 1. The van der Waals surface area contributed by atoms with Crippen molar-refractivity contribution in [2.45, 2.75) is 19.4 Å². The van der Waals surface area contributed by atoms with Gasteiger partial charge < -0.3 is 14.7 Å². The highest BCUT2D eigenvalue weighted by atomic mass is 32.1. The van der Waals surface area contributed by atoms with Gasteiger partial charge in [0.2, 0.25) is 0 Å². The van der Waals surface area contributed by atoms with Crippen LogP contribution in [0, 0.1) is 5.92 Å². The van der Waals surface area contributed by atoms with Gasteiger partial charge in [-0.15, -0.1) is 11.3 Å². The minimum atomic E-state index is -0.933. The van der Waals surface area contributed by atoms with Gasteiger partial charge in [0.1, 0.15) is 11.8 Å². The molecule has 1 aliphatic rings. The summed E-state index contributed by atoms with van der Waals surface area (Å²) in [6.45, 7) is 2.36. The van der Waals surface area contributed by atoms with E-state index in [-0.39, 0.29) is 11.8 Å². The molecule has 18 heavy (non-hydrogen) atoms. The highest BCUT2D eigenvalue weighted by Crippen LogP contribution is 2.29. The van der Waals surface area contributed by atoms with Crippen molar-refractivity contribution in [3.63, 3.8) is 0 Å². The Kier molecular flexibility index (Phi) is 3.56. The van der Waals surface area contributed by atoms with Crippen LogP contribution in [-0.4, -0.2) is 41.6 Å². The number of methoxy groups -OCH3 is 1. The third-order valence-electron chi connectivity index (χ3n) is 3.24. The fraction of sp³-hybridized carbons (Fsp3) is 0.500. The van der Waals surface area contributed by atoms with E-state index >= 15 is 0 Å². The lowest BCUT2D eigenvalue weighted by atomic mass is 10.0. The van der Waals surface area contributed by atoms with E-state index < -0.39 is 12.0 Å². The lowest BCUT2D eigenvalue weighted by molar-refractivity contribution is -0.142. The molecule has 0 radical (unpaired) electrons. The molecule has 0 aromatic carbocycles. The predicted octanol–water partition coefficient (Wildman–Crippen LogP) is 1.69. The van der Waals surface area contributed by atoms with E-state index in [4.69, 9.17) is 4.74 Å². The Morgan fingerprint density at radius 2 is 2.28 bits per heavy atom. The molecule has 0 saturated carbocycles. The summed E-state index contributed by atoms with van der Waals surface area (Å²) in [5.41, 5.74) is 0. The van der Waals surface area contributed by atoms with Gasteiger partial charge >= 0.3 is 5.97 Å². The number of amides is 1. The van der Waals surface area contributed by atoms with Crippen molar-refractivity contribution in [1.82, 2.24) is 4.90 Å². The summed E-state index contributed by atoms with van der Waals surface area (Å²) in [6.07, 6.45) is 0.727. The quantitative estimate of drug-likeness (QED) is 0.906. The van der Waals surface area contributed by atoms with Gasteiger partial charge in [-0.2, -0.15) is 0 Å². The molecule has 1 N–H and O–H groups in total. The molecule has 1 saturated heterocycles. The Bertz CT molecular complexity index is 470. The second-order valence-electron chi connectivity index (χ2n) is 4.40. The molecule has 5 nitrogen and oxygen atoms in total. The molecule has 1 amide bonds. The molecule has 1 fully saturated rings. The monoisotopic (exact) mass is 269 g/mol. The van der Waals surface area contributed by atoms with Gasteiger partial charge in [0.15, 0.2) is 0 Å². The number of carbonyl (C=O) groups is 2. The normalized spacial score (nSPS) is 23.1. The molecule has 1 aliphatic heterocycles. The first-order valence-corrected chi connectivity index (χ1v) is 6.59. The highest BCUT2D eigenvalue weighted by Gasteiger charge is 2.40. The van der Waals surface area contributed by atoms with Crippen LogP contribution in [0.25, 0.3) is 0 Å². The van der Waals surface area contributed by atoms with Crippen LogP contribution >= 0.6 is 11.3 Å². The third kappa shape index (κ3) is 2.20. The maximum atomic E-state index is 12.3. The lowest BCUT2D eigenvalue weighted by Crippen LogP contribution is -2.42. The molecule has 1 aromatic rings. The molecule has 1 aromatic heterocycles. The van der Waals surface area contributed by atoms with Crippen LogP contribution in [0.1, 0.15) is 23.0 Å². The molecule has 2 heterocycles. The van der Waals surface area contributed by atoms with Crippen molar-refractivity contribution in [3.8, 4) is 5.75 Å². The van der Waals surface area contributed by atoms with E-state index in [1.54, 1.807) is 11.4 Å². The summed E-state index contributed by atoms with van der Waals surface area (Å²) in [7, 11) is 1.54. The predicted molar refractivity (Wildman–Crippen MR) is 67.1 cm³/mol. The average Bonchev–Trinajstić information content (AvgIpc) is 2.93. The van der Waals surface area contributed by atoms with Gasteiger partial charge in [-0.05, 0) is 12.3 Å². The molecule has 2 rings (SSSR count). The SMILES string of the molecule is COc1csc(C(=O)N2CCC(C)C2C(=O)O)c1. The molecule has 98 valence electrons. The summed E-state index contributed by atoms with van der Waals surface area (Å²) >= 11 is 1.27. The van der Waals surface area contributed by atoms with Gasteiger partial charge in [-0.1, -0.05) is 6.92 Å². The number of rotatable bonds is 3. The minimum absolute atomic E-state index is 0.00620. The number of carboxylic acid groups (broad SMARTS) is 1. The van der Waals surface area contributed by atoms with Crippen LogP contribution in [0.3, 0.4) is 0 Å². The maximum Gasteiger partial charge on any atom is 0.326 e. The highest BCUT2D eigenvalue weighted by molar-refractivity contribution is 7.12. The molecular weight excluding hydrogens is 254 g/mol. The number of ether oxygens (including phenoxy) is 1. The smallest absolute Gasteiger partial charge is 0.326 e. The van der Waals surface area contributed by atoms with Crippen LogP contribution in [0.5, 0.6) is 5.75 Å². The molecular formula is C12H15NO4S. The second kappa shape index (κ2) is 4.97. The average molecular weight is 269 g/mol. The molecule has 2 unspecified atom stereocenters. The van der Waals surface area contributed by atoms with Gasteiger partial charge in [-0.25, -0.2) is 4.79 Å². The zero-order chi connectivity index (χ0) is 13.3. The van der Waals surface area contributed by atoms with Crippen molar-refractivity contribution in [2.75, 3.05) is 13.7 Å². The number of carbonyl (C=O) groups excluding carboxylic acids is 1. The van der Waals surface area contributed by atoms with E-state index in [9.17, 15) is 14.7 Å². The molecule has 2 atom stereocenters. The number of thiophene rings is 1. The minimum Gasteiger partial charge on any atom is -0.496 e. The Morgan fingerprint density at radius 1 is 1.56 bits per heavy atom. The van der Waals surface area contributed by atoms with E-state index in [1.807, 2.05) is 6.92 Å². The Hall–Kier alpha value is -1.56. The van der Waals surface area contributed by atoms with Gasteiger partial charge in [-0.3, -0.25) is 4.79 Å². The van der Waals surface area contributed by atoms with Gasteiger partial charge in [0, 0.05) is 18.0 Å². The van der Waals surface area contributed by atoms with Crippen molar-refractivity contribution in [1.29, 1.82) is 0 Å². The first-order chi connectivity index (χ1) is 8.54. The first kappa shape index (κ1) is 12.9. The summed E-state index contributed by atoms with van der Waals surface area (Å²) < 4.78 is 5.03. The van der Waals surface area contributed by atoms with E-state index in [0.717, 1.165) is 6.42 Å². The third-order valence-corrected chi connectivity index (χ3v) is 4.13. The number of hydrogen-bond donors (Lipinski definition) is 1. The van der Waals surface area contributed by atoms with Crippen LogP contribution in [0.15, 0.2) is 11.4 Å². The fourth-order valence-corrected chi connectivity index (χ4v) is 3.04. The summed E-state index contributed by atoms with van der Waals surface area (Å²) in [5, 5.41) is 10.9. The Morgan fingerprint density at radius 3 is 2.83 bits per heavy atom. The zero-order valence-corrected chi connectivity index (χ0v) is 11.1. The lowest BCUT2D eigenvalue weighted by Gasteiger charge is -2.22. The number of carboxylic acids is 1. The van der Waals surface area contributed by atoms with E-state index in [0.29, 0.717) is 17.2 Å². The Balaban J connectivity index is 2.20. The summed E-state index contributed by atoms with van der Waals surface area (Å²) in [6, 6.07) is 0.931. The summed E-state index contributed by atoms with van der Waals surface area (Å²) in [4.78, 5) is 25.4. The van der Waals surface area contributed by atoms with Crippen LogP contribution in [0.2, 0.25) is 0 Å². The number of nitrogens with zero attached hydrogens (tertiary/aromatic N) is 1. The van der Waals surface area contributed by atoms with E-state index in [2.05, 4.69) is 0 Å². The van der Waals surface area contributed by atoms with Gasteiger partial charge in [0.25, 0.3) is 5.91 Å². The number of hydrogen-bond acceptors (Lipinski definition) is 4. The first-order valence-electron chi connectivity index (χ1n) is 5.71. The number of aliphatic carboxylic acids is 1. The van der Waals surface area contributed by atoms with Crippen molar-refractivity contribution < 1.29 is 19.4 Å². The standard InChI is InChI=1S/C12H15NO4S/c1-7-3-4-13(10(7)12(15)16)11(14)9-5-8(17-2)6-18-9/h5-7,10H,3-4H2,1-2H3,(H,15,16). The largest absolute Gasteiger partial charge is 0.496 e. The molecule has 0 bridgehead atoms. The van der Waals surface area contributed by atoms with Crippen LogP contribution in [-0.2, 0) is 4.79 Å². The van der Waals surface area contributed by atoms with Crippen LogP contribution in [0.4, 0.5) is 0 Å². The fourth-order valence-electron chi connectivity index (χ4n) is 2.23. The maximum absolute atomic E-state index is 12.3. The zero-order valence-electron chi connectivity index (χ0n) is 10.3. The van der Waals surface area contributed by atoms with Crippen molar-refractivity contribution >= 4 is 23.2 Å². The molecule has 0 spiro atoms. The Labute approximate surface area is 109 Å². The molecule has 0 aliphatic carbocycles. The molecule has 6 heteroatoms. The van der Waals surface area contributed by atoms with Crippen LogP contribution < -0.4 is 4.74 Å². The van der Waals surface area contributed by atoms with Crippen molar-refractivity contribution in [2.24, 2.45) is 5.92 Å². The second-order valence-corrected chi connectivity index (χ2v) is 5.31. The van der Waals surface area contributed by atoms with E-state index in [1.165, 1.54) is 23.3 Å². The topological polar surface area (TPSA) is 66.8 Å². The van der Waals surface area contributed by atoms with Crippen molar-refractivity contribution in [3.05, 3.63) is 16.3 Å².